The predicted molar refractivity (Wildman–Crippen MR) is 78.3 cm³/mol. The number of carbonyl (C=O) groups excluding carboxylic acids is 2. The Balaban J connectivity index is 2.30. The lowest BCUT2D eigenvalue weighted by atomic mass is 10.1. The van der Waals surface area contributed by atoms with E-state index in [4.69, 9.17) is 4.74 Å². The number of likely N-dealkylation sites (tertiary alicyclic amines) is 1. The van der Waals surface area contributed by atoms with Crippen molar-refractivity contribution in [1.82, 2.24) is 10.2 Å². The Bertz CT molecular complexity index is 374. The van der Waals surface area contributed by atoms with Gasteiger partial charge in [-0.3, -0.25) is 4.79 Å². The normalized spacial score (nSPS) is 20.7. The van der Waals surface area contributed by atoms with Gasteiger partial charge in [-0.1, -0.05) is 13.0 Å². The maximum absolute atomic E-state index is 11.8. The van der Waals surface area contributed by atoms with Gasteiger partial charge in [-0.25, -0.2) is 4.79 Å². The van der Waals surface area contributed by atoms with Crippen molar-refractivity contribution in [2.24, 2.45) is 11.8 Å². The summed E-state index contributed by atoms with van der Waals surface area (Å²) in [4.78, 5) is 25.1. The molecular formula is C15H26N2O3. The van der Waals surface area contributed by atoms with Crippen LogP contribution in [0.1, 0.15) is 34.1 Å². The van der Waals surface area contributed by atoms with Crippen molar-refractivity contribution in [1.29, 1.82) is 0 Å². The molecule has 1 fully saturated rings. The van der Waals surface area contributed by atoms with E-state index in [2.05, 4.69) is 11.9 Å². The molecule has 0 aromatic heterocycles. The summed E-state index contributed by atoms with van der Waals surface area (Å²) in [6, 6.07) is 0. The molecule has 2 atom stereocenters. The van der Waals surface area contributed by atoms with Gasteiger partial charge in [-0.05, 0) is 26.7 Å². The van der Waals surface area contributed by atoms with Gasteiger partial charge < -0.3 is 15.0 Å². The summed E-state index contributed by atoms with van der Waals surface area (Å²) in [7, 11) is 0. The smallest absolute Gasteiger partial charge is 0.407 e. The molecule has 0 bridgehead atoms. The number of hydrogen-bond donors (Lipinski definition) is 1. The summed E-state index contributed by atoms with van der Waals surface area (Å²) in [6.45, 7) is 13.1. The van der Waals surface area contributed by atoms with Crippen LogP contribution in [0.3, 0.4) is 0 Å². The third-order valence-electron chi connectivity index (χ3n) is 3.10. The molecule has 0 aliphatic carbocycles. The number of nitrogens with zero attached hydrogens (tertiary/aromatic N) is 1. The first-order valence-electron chi connectivity index (χ1n) is 7.08. The summed E-state index contributed by atoms with van der Waals surface area (Å²) in [5.74, 6) is 0.613. The van der Waals surface area contributed by atoms with E-state index in [1.807, 2.05) is 38.7 Å². The number of hydrogen-bond acceptors (Lipinski definition) is 3. The highest BCUT2D eigenvalue weighted by molar-refractivity contribution is 5.79. The van der Waals surface area contributed by atoms with Crippen molar-refractivity contribution in [3.63, 3.8) is 0 Å². The summed E-state index contributed by atoms with van der Waals surface area (Å²) in [5.41, 5.74) is -0.491. The predicted octanol–water partition coefficient (Wildman–Crippen LogP) is 2.18. The lowest BCUT2D eigenvalue weighted by Gasteiger charge is -2.23. The molecule has 0 radical (unpaired) electrons. The molecule has 1 aliphatic heterocycles. The van der Waals surface area contributed by atoms with Crippen LogP contribution in [0.5, 0.6) is 0 Å². The second-order valence-corrected chi connectivity index (χ2v) is 6.49. The fourth-order valence-electron chi connectivity index (χ4n) is 2.15. The van der Waals surface area contributed by atoms with Crippen molar-refractivity contribution in [2.45, 2.75) is 39.7 Å². The molecule has 5 nitrogen and oxygen atoms in total. The number of amides is 2. The average molecular weight is 282 g/mol. The summed E-state index contributed by atoms with van der Waals surface area (Å²) in [5, 5.41) is 2.73. The van der Waals surface area contributed by atoms with Gasteiger partial charge in [0.1, 0.15) is 5.60 Å². The van der Waals surface area contributed by atoms with E-state index in [1.165, 1.54) is 0 Å². The van der Waals surface area contributed by atoms with E-state index in [9.17, 15) is 9.59 Å². The van der Waals surface area contributed by atoms with E-state index in [-0.39, 0.29) is 17.7 Å². The first-order valence-corrected chi connectivity index (χ1v) is 7.08. The van der Waals surface area contributed by atoms with Gasteiger partial charge in [-0.2, -0.15) is 0 Å². The minimum absolute atomic E-state index is 0.166. The Labute approximate surface area is 121 Å². The Morgan fingerprint density at radius 2 is 2.25 bits per heavy atom. The minimum Gasteiger partial charge on any atom is -0.444 e. The molecule has 0 saturated carbocycles. The molecular weight excluding hydrogens is 256 g/mol. The molecule has 0 aromatic carbocycles. The van der Waals surface area contributed by atoms with E-state index in [0.717, 1.165) is 6.54 Å². The Kier molecular flexibility index (Phi) is 5.60. The standard InChI is InChI=1S/C15H26N2O3/c1-6-12-7-13(18)17(10-12)9-11(2)8-16-14(19)20-15(3,4)5/h6,11-12H,1,7-10H2,2-5H3,(H,16,19). The fraction of sp³-hybridized carbons (Fsp3) is 0.733. The molecule has 0 aromatic rings. The van der Waals surface area contributed by atoms with E-state index in [1.54, 1.807) is 0 Å². The molecule has 1 N–H and O–H groups in total. The number of alkyl carbamates (subject to hydrolysis) is 1. The van der Waals surface area contributed by atoms with Gasteiger partial charge in [0, 0.05) is 32.0 Å². The van der Waals surface area contributed by atoms with Crippen LogP contribution in [0.2, 0.25) is 0 Å². The zero-order chi connectivity index (χ0) is 15.3. The fourth-order valence-corrected chi connectivity index (χ4v) is 2.15. The molecule has 2 unspecified atom stereocenters. The number of nitrogens with one attached hydrogen (secondary N) is 1. The second kappa shape index (κ2) is 6.77. The van der Waals surface area contributed by atoms with E-state index < -0.39 is 11.7 Å². The third-order valence-corrected chi connectivity index (χ3v) is 3.10. The highest BCUT2D eigenvalue weighted by Gasteiger charge is 2.28. The Morgan fingerprint density at radius 3 is 2.75 bits per heavy atom. The highest BCUT2D eigenvalue weighted by Crippen LogP contribution is 2.19. The molecule has 1 aliphatic rings. The summed E-state index contributed by atoms with van der Waals surface area (Å²) in [6.07, 6.45) is 1.97. The summed E-state index contributed by atoms with van der Waals surface area (Å²) >= 11 is 0. The first kappa shape index (κ1) is 16.5. The van der Waals surface area contributed by atoms with Gasteiger partial charge in [0.2, 0.25) is 5.91 Å². The van der Waals surface area contributed by atoms with Crippen molar-refractivity contribution in [3.8, 4) is 0 Å². The van der Waals surface area contributed by atoms with Gasteiger partial charge in [0.15, 0.2) is 0 Å². The topological polar surface area (TPSA) is 58.6 Å². The SMILES string of the molecule is C=CC1CC(=O)N(CC(C)CNC(=O)OC(C)(C)C)C1. The second-order valence-electron chi connectivity index (χ2n) is 6.49. The van der Waals surface area contributed by atoms with Crippen molar-refractivity contribution in [3.05, 3.63) is 12.7 Å². The molecule has 114 valence electrons. The van der Waals surface area contributed by atoms with Crippen LogP contribution >= 0.6 is 0 Å². The van der Waals surface area contributed by atoms with Crippen LogP contribution in [0.15, 0.2) is 12.7 Å². The van der Waals surface area contributed by atoms with Crippen LogP contribution in [-0.4, -0.2) is 42.1 Å². The molecule has 20 heavy (non-hydrogen) atoms. The quantitative estimate of drug-likeness (QED) is 0.786. The molecule has 2 amide bonds. The van der Waals surface area contributed by atoms with Gasteiger partial charge >= 0.3 is 6.09 Å². The molecule has 1 rings (SSSR count). The van der Waals surface area contributed by atoms with Gasteiger partial charge in [-0.15, -0.1) is 6.58 Å². The lowest BCUT2D eigenvalue weighted by Crippen LogP contribution is -2.38. The van der Waals surface area contributed by atoms with Crippen LogP contribution < -0.4 is 5.32 Å². The van der Waals surface area contributed by atoms with Crippen LogP contribution in [0.4, 0.5) is 4.79 Å². The minimum atomic E-state index is -0.491. The molecule has 0 spiro atoms. The monoisotopic (exact) mass is 282 g/mol. The van der Waals surface area contributed by atoms with Crippen molar-refractivity contribution < 1.29 is 14.3 Å². The number of carbonyl (C=O) groups is 2. The van der Waals surface area contributed by atoms with Crippen LogP contribution in [0.25, 0.3) is 0 Å². The highest BCUT2D eigenvalue weighted by atomic mass is 16.6. The average Bonchev–Trinajstić information content (AvgIpc) is 2.65. The maximum atomic E-state index is 11.8. The molecule has 5 heteroatoms. The maximum Gasteiger partial charge on any atom is 0.407 e. The zero-order valence-electron chi connectivity index (χ0n) is 12.9. The largest absolute Gasteiger partial charge is 0.444 e. The van der Waals surface area contributed by atoms with Gasteiger partial charge in [0.25, 0.3) is 0 Å². The number of ether oxygens (including phenoxy) is 1. The van der Waals surface area contributed by atoms with Crippen molar-refractivity contribution >= 4 is 12.0 Å². The lowest BCUT2D eigenvalue weighted by molar-refractivity contribution is -0.128. The van der Waals surface area contributed by atoms with Crippen LogP contribution in [-0.2, 0) is 9.53 Å². The third kappa shape index (κ3) is 5.63. The Morgan fingerprint density at radius 1 is 1.60 bits per heavy atom. The number of rotatable bonds is 5. The van der Waals surface area contributed by atoms with E-state index in [0.29, 0.717) is 19.5 Å². The van der Waals surface area contributed by atoms with E-state index >= 15 is 0 Å². The first-order chi connectivity index (χ1) is 9.21. The molecule has 1 saturated heterocycles. The Hall–Kier alpha value is -1.52. The van der Waals surface area contributed by atoms with Crippen LogP contribution in [0, 0.1) is 11.8 Å². The zero-order valence-corrected chi connectivity index (χ0v) is 12.9. The van der Waals surface area contributed by atoms with Gasteiger partial charge in [0.05, 0.1) is 0 Å². The molecule has 1 heterocycles. The van der Waals surface area contributed by atoms with Crippen molar-refractivity contribution in [2.75, 3.05) is 19.6 Å². The summed E-state index contributed by atoms with van der Waals surface area (Å²) < 4.78 is 5.17.